The largest absolute Gasteiger partial charge is 0.496 e. The third-order valence-electron chi connectivity index (χ3n) is 7.98. The fourth-order valence-electron chi connectivity index (χ4n) is 5.75. The number of rotatable bonds is 12. The fraction of sp³-hybridized carbons (Fsp3) is 0.303. The fourth-order valence-corrected chi connectivity index (χ4v) is 6.74. The molecule has 0 bridgehead atoms. The number of carbonyl (C=O) groups is 3. The minimum Gasteiger partial charge on any atom is -0.496 e. The summed E-state index contributed by atoms with van der Waals surface area (Å²) in [5.74, 6) is -0.915. The van der Waals surface area contributed by atoms with E-state index in [0.29, 0.717) is 42.3 Å². The second-order valence-electron chi connectivity index (χ2n) is 11.1. The molecule has 0 spiro atoms. The maximum Gasteiger partial charge on any atom is 0.303 e. The average molecular weight is 618 g/mol. The molecule has 1 aromatic heterocycles. The number of anilines is 1. The Kier molecular flexibility index (Phi) is 9.34. The van der Waals surface area contributed by atoms with Crippen LogP contribution in [0, 0.1) is 5.92 Å². The van der Waals surface area contributed by atoms with E-state index in [-0.39, 0.29) is 22.8 Å². The van der Waals surface area contributed by atoms with Crippen molar-refractivity contribution in [3.8, 4) is 5.75 Å². The van der Waals surface area contributed by atoms with Crippen molar-refractivity contribution in [1.29, 1.82) is 0 Å². The number of nitrogens with zero attached hydrogens (tertiary/aromatic N) is 1. The number of carboxylic acid groups (broad SMARTS) is 1. The highest BCUT2D eigenvalue weighted by Gasteiger charge is 2.21. The topological polar surface area (TPSA) is 144 Å². The van der Waals surface area contributed by atoms with Crippen LogP contribution in [0.2, 0.25) is 0 Å². The number of fused-ring (bicyclic) bond motifs is 1. The van der Waals surface area contributed by atoms with E-state index in [1.807, 2.05) is 29.0 Å². The van der Waals surface area contributed by atoms with E-state index in [0.717, 1.165) is 29.3 Å². The van der Waals surface area contributed by atoms with Crippen LogP contribution in [0.25, 0.3) is 10.9 Å². The van der Waals surface area contributed by atoms with Crippen LogP contribution in [0.5, 0.6) is 5.75 Å². The lowest BCUT2D eigenvalue weighted by atomic mass is 10.0. The molecule has 4 aromatic rings. The molecule has 3 aromatic carbocycles. The van der Waals surface area contributed by atoms with Crippen molar-refractivity contribution in [2.24, 2.45) is 5.92 Å². The van der Waals surface area contributed by atoms with Crippen molar-refractivity contribution >= 4 is 44.4 Å². The molecule has 44 heavy (non-hydrogen) atoms. The SMILES string of the molecule is COc1cc(C(=O)NS(=O)(=O)c2ccccc2)ccc1Cn1cc(CCC(=O)O)c2ccc(NC(=O)CC3CCCC3)cc21. The molecule has 0 aliphatic heterocycles. The summed E-state index contributed by atoms with van der Waals surface area (Å²) in [5, 5.41) is 13.2. The van der Waals surface area contributed by atoms with Crippen molar-refractivity contribution in [2.45, 2.75) is 56.4 Å². The number of methoxy groups -OCH3 is 1. The molecule has 1 heterocycles. The second-order valence-corrected chi connectivity index (χ2v) is 12.8. The molecule has 1 saturated carbocycles. The van der Waals surface area contributed by atoms with E-state index in [9.17, 15) is 27.9 Å². The van der Waals surface area contributed by atoms with Crippen molar-refractivity contribution in [3.63, 3.8) is 0 Å². The molecule has 0 atom stereocenters. The first-order valence-electron chi connectivity index (χ1n) is 14.6. The molecule has 0 radical (unpaired) electrons. The molecule has 11 heteroatoms. The maximum absolute atomic E-state index is 12.9. The van der Waals surface area contributed by atoms with Gasteiger partial charge in [0.2, 0.25) is 5.91 Å². The molecule has 1 fully saturated rings. The average Bonchev–Trinajstić information content (AvgIpc) is 3.64. The number of carboxylic acids is 1. The van der Waals surface area contributed by atoms with Gasteiger partial charge in [0.25, 0.3) is 15.9 Å². The molecular weight excluding hydrogens is 582 g/mol. The number of sulfonamides is 1. The zero-order chi connectivity index (χ0) is 31.3. The summed E-state index contributed by atoms with van der Waals surface area (Å²) in [6.45, 7) is 0.316. The third kappa shape index (κ3) is 7.28. The Bertz CT molecular complexity index is 1790. The van der Waals surface area contributed by atoms with E-state index in [1.165, 1.54) is 44.2 Å². The minimum atomic E-state index is -4.06. The van der Waals surface area contributed by atoms with Gasteiger partial charge in [-0.15, -0.1) is 0 Å². The van der Waals surface area contributed by atoms with Crippen molar-refractivity contribution in [1.82, 2.24) is 9.29 Å². The quantitative estimate of drug-likeness (QED) is 0.194. The number of carbonyl (C=O) groups excluding carboxylic acids is 2. The van der Waals surface area contributed by atoms with Gasteiger partial charge in [-0.05, 0) is 67.1 Å². The lowest BCUT2D eigenvalue weighted by Gasteiger charge is -2.14. The number of amides is 2. The maximum atomic E-state index is 12.9. The Balaban J connectivity index is 1.40. The van der Waals surface area contributed by atoms with Crippen LogP contribution in [0.3, 0.4) is 0 Å². The van der Waals surface area contributed by atoms with E-state index in [4.69, 9.17) is 4.74 Å². The zero-order valence-corrected chi connectivity index (χ0v) is 25.2. The molecule has 1 aliphatic carbocycles. The van der Waals surface area contributed by atoms with Gasteiger partial charge in [-0.2, -0.15) is 0 Å². The third-order valence-corrected chi connectivity index (χ3v) is 9.32. The van der Waals surface area contributed by atoms with Crippen LogP contribution in [0.15, 0.2) is 77.8 Å². The van der Waals surface area contributed by atoms with Gasteiger partial charge in [0.15, 0.2) is 0 Å². The first kappa shape index (κ1) is 30.8. The standard InChI is InChI=1S/C33H35N3O7S/c1-43-30-18-23(33(40)35-44(41,42)27-9-3-2-4-10-27)11-12-25(30)21-36-20-24(13-16-32(38)39)28-15-14-26(19-29(28)36)34-31(37)17-22-7-5-6-8-22/h2-4,9-12,14-15,18-20,22H,5-8,13,16-17,21H2,1H3,(H,34,37)(H,35,40)(H,38,39). The van der Waals surface area contributed by atoms with Gasteiger partial charge in [0, 0.05) is 41.2 Å². The molecule has 5 rings (SSSR count). The number of hydrogen-bond acceptors (Lipinski definition) is 6. The van der Waals surface area contributed by atoms with E-state index >= 15 is 0 Å². The van der Waals surface area contributed by atoms with E-state index < -0.39 is 21.9 Å². The number of nitrogens with one attached hydrogen (secondary N) is 2. The Labute approximate surface area is 256 Å². The van der Waals surface area contributed by atoms with Crippen molar-refractivity contribution in [3.05, 3.63) is 89.6 Å². The number of benzene rings is 3. The van der Waals surface area contributed by atoms with Gasteiger partial charge in [0.1, 0.15) is 5.75 Å². The van der Waals surface area contributed by atoms with Gasteiger partial charge < -0.3 is 19.7 Å². The highest BCUT2D eigenvalue weighted by atomic mass is 32.2. The van der Waals surface area contributed by atoms with Crippen LogP contribution in [0.1, 0.15) is 60.0 Å². The van der Waals surface area contributed by atoms with Crippen molar-refractivity contribution in [2.75, 3.05) is 12.4 Å². The van der Waals surface area contributed by atoms with Gasteiger partial charge in [0.05, 0.1) is 24.1 Å². The number of ether oxygens (including phenoxy) is 1. The molecule has 0 unspecified atom stereocenters. The number of aromatic nitrogens is 1. The summed E-state index contributed by atoms with van der Waals surface area (Å²) in [7, 11) is -2.59. The monoisotopic (exact) mass is 617 g/mol. The second kappa shape index (κ2) is 13.3. The number of hydrogen-bond donors (Lipinski definition) is 3. The summed E-state index contributed by atoms with van der Waals surface area (Å²) in [6.07, 6.45) is 7.17. The lowest BCUT2D eigenvalue weighted by Crippen LogP contribution is -2.30. The van der Waals surface area contributed by atoms with Crippen LogP contribution >= 0.6 is 0 Å². The zero-order valence-electron chi connectivity index (χ0n) is 24.4. The molecule has 0 saturated heterocycles. The molecule has 2 amide bonds. The van der Waals surface area contributed by atoms with Crippen LogP contribution in [-0.4, -0.2) is 43.0 Å². The Morgan fingerprint density at radius 3 is 2.43 bits per heavy atom. The molecule has 3 N–H and O–H groups in total. The summed E-state index contributed by atoms with van der Waals surface area (Å²) in [4.78, 5) is 36.9. The first-order chi connectivity index (χ1) is 21.1. The van der Waals surface area contributed by atoms with Crippen molar-refractivity contribution < 1.29 is 32.6 Å². The van der Waals surface area contributed by atoms with E-state index in [1.54, 1.807) is 24.3 Å². The highest BCUT2D eigenvalue weighted by Crippen LogP contribution is 2.31. The van der Waals surface area contributed by atoms with Gasteiger partial charge in [-0.3, -0.25) is 14.4 Å². The lowest BCUT2D eigenvalue weighted by molar-refractivity contribution is -0.137. The summed E-state index contributed by atoms with van der Waals surface area (Å²) in [5.41, 5.74) is 3.14. The smallest absolute Gasteiger partial charge is 0.303 e. The molecule has 1 aliphatic rings. The van der Waals surface area contributed by atoms with Gasteiger partial charge in [-0.1, -0.05) is 43.2 Å². The number of aliphatic carboxylic acids is 1. The summed E-state index contributed by atoms with van der Waals surface area (Å²) >= 11 is 0. The Morgan fingerprint density at radius 1 is 0.977 bits per heavy atom. The van der Waals surface area contributed by atoms with E-state index in [2.05, 4.69) is 10.0 Å². The Morgan fingerprint density at radius 2 is 1.73 bits per heavy atom. The van der Waals surface area contributed by atoms with Gasteiger partial charge >= 0.3 is 5.97 Å². The predicted octanol–water partition coefficient (Wildman–Crippen LogP) is 5.35. The summed E-state index contributed by atoms with van der Waals surface area (Å²) < 4.78 is 34.9. The van der Waals surface area contributed by atoms with Gasteiger partial charge in [-0.25, -0.2) is 13.1 Å². The molecule has 230 valence electrons. The molecular formula is C33H35N3O7S. The number of aryl methyl sites for hydroxylation is 1. The van der Waals surface area contributed by atoms with Crippen LogP contribution < -0.4 is 14.8 Å². The summed E-state index contributed by atoms with van der Waals surface area (Å²) in [6, 6.07) is 17.9. The van der Waals surface area contributed by atoms with Crippen LogP contribution in [-0.2, 0) is 32.6 Å². The Hall–Kier alpha value is -4.64. The normalized spacial score (nSPS) is 13.6. The van der Waals surface area contributed by atoms with Crippen LogP contribution in [0.4, 0.5) is 5.69 Å². The minimum absolute atomic E-state index is 0.0229. The predicted molar refractivity (Wildman–Crippen MR) is 166 cm³/mol. The molecule has 10 nitrogen and oxygen atoms in total. The highest BCUT2D eigenvalue weighted by molar-refractivity contribution is 7.90. The first-order valence-corrected chi connectivity index (χ1v) is 16.0.